The summed E-state index contributed by atoms with van der Waals surface area (Å²) in [5, 5.41) is 2.98. The topological polar surface area (TPSA) is 58.6 Å². The molecule has 1 N–H and O–H groups in total. The molecule has 3 rings (SSSR count). The number of carbonyl (C=O) groups is 2. The van der Waals surface area contributed by atoms with Gasteiger partial charge < -0.3 is 15.0 Å². The second-order valence-corrected chi connectivity index (χ2v) is 6.11. The maximum Gasteiger partial charge on any atom is 0.229 e. The summed E-state index contributed by atoms with van der Waals surface area (Å²) < 4.78 is 5.21. The number of carbonyl (C=O) groups excluding carboxylic acids is 2. The highest BCUT2D eigenvalue weighted by Crippen LogP contribution is 2.28. The molecule has 0 aromatic heterocycles. The monoisotopic (exact) mass is 338 g/mol. The third kappa shape index (κ3) is 3.65. The number of nitrogens with zero attached hydrogens (tertiary/aromatic N) is 1. The number of hydrogen-bond donors (Lipinski definition) is 1. The normalized spacial score (nSPS) is 16.8. The van der Waals surface area contributed by atoms with Crippen molar-refractivity contribution in [1.29, 1.82) is 0 Å². The average Bonchev–Trinajstić information content (AvgIpc) is 3.04. The van der Waals surface area contributed by atoms with Gasteiger partial charge in [-0.1, -0.05) is 31.2 Å². The molecule has 2 aromatic carbocycles. The van der Waals surface area contributed by atoms with Crippen LogP contribution in [0, 0.1) is 5.92 Å². The molecule has 130 valence electrons. The van der Waals surface area contributed by atoms with Crippen LogP contribution in [0.15, 0.2) is 48.5 Å². The van der Waals surface area contributed by atoms with E-state index >= 15 is 0 Å². The first kappa shape index (κ1) is 17.0. The molecule has 0 aliphatic carbocycles. The van der Waals surface area contributed by atoms with Crippen molar-refractivity contribution in [3.05, 3.63) is 54.1 Å². The Morgan fingerprint density at radius 1 is 1.24 bits per heavy atom. The fourth-order valence-electron chi connectivity index (χ4n) is 3.10. The van der Waals surface area contributed by atoms with Crippen LogP contribution >= 0.6 is 0 Å². The molecule has 2 aromatic rings. The average molecular weight is 338 g/mol. The van der Waals surface area contributed by atoms with E-state index in [1.807, 2.05) is 48.5 Å². The van der Waals surface area contributed by atoms with Crippen molar-refractivity contribution in [1.82, 2.24) is 0 Å². The molecular formula is C20H22N2O3. The third-order valence-corrected chi connectivity index (χ3v) is 4.52. The molecule has 1 aliphatic heterocycles. The summed E-state index contributed by atoms with van der Waals surface area (Å²) in [5.74, 6) is 0.176. The number of nitrogens with one attached hydrogen (secondary N) is 1. The van der Waals surface area contributed by atoms with Crippen LogP contribution in [0.1, 0.15) is 18.9 Å². The summed E-state index contributed by atoms with van der Waals surface area (Å²) in [6.07, 6.45) is 1.06. The van der Waals surface area contributed by atoms with Crippen molar-refractivity contribution in [3.63, 3.8) is 0 Å². The SMILES string of the molecule is CCc1ccccc1NC(=O)C1CC(=O)N(c2cccc(OC)c2)C1. The second kappa shape index (κ2) is 7.38. The van der Waals surface area contributed by atoms with E-state index in [1.165, 1.54) is 0 Å². The zero-order valence-corrected chi connectivity index (χ0v) is 14.5. The van der Waals surface area contributed by atoms with Gasteiger partial charge in [-0.25, -0.2) is 0 Å². The van der Waals surface area contributed by atoms with E-state index in [0.29, 0.717) is 12.3 Å². The molecule has 5 heteroatoms. The Kier molecular flexibility index (Phi) is 5.03. The van der Waals surface area contributed by atoms with Gasteiger partial charge in [-0.05, 0) is 30.2 Å². The maximum atomic E-state index is 12.6. The van der Waals surface area contributed by atoms with Crippen LogP contribution < -0.4 is 15.0 Å². The summed E-state index contributed by atoms with van der Waals surface area (Å²) >= 11 is 0. The van der Waals surface area contributed by atoms with Gasteiger partial charge in [0.05, 0.1) is 13.0 Å². The van der Waals surface area contributed by atoms with E-state index in [-0.39, 0.29) is 24.2 Å². The zero-order valence-electron chi connectivity index (χ0n) is 14.5. The van der Waals surface area contributed by atoms with Crippen LogP contribution in [-0.4, -0.2) is 25.5 Å². The molecule has 0 radical (unpaired) electrons. The number of amides is 2. The second-order valence-electron chi connectivity index (χ2n) is 6.11. The van der Waals surface area contributed by atoms with Crippen LogP contribution in [-0.2, 0) is 16.0 Å². The molecule has 0 saturated carbocycles. The summed E-state index contributed by atoms with van der Waals surface area (Å²) in [6, 6.07) is 15.1. The van der Waals surface area contributed by atoms with Gasteiger partial charge in [-0.3, -0.25) is 9.59 Å². The number of rotatable bonds is 5. The first-order chi connectivity index (χ1) is 12.1. The lowest BCUT2D eigenvalue weighted by molar-refractivity contribution is -0.122. The van der Waals surface area contributed by atoms with E-state index in [9.17, 15) is 9.59 Å². The van der Waals surface area contributed by atoms with Crippen LogP contribution in [0.5, 0.6) is 5.75 Å². The Bertz CT molecular complexity index is 788. The molecule has 0 bridgehead atoms. The molecule has 25 heavy (non-hydrogen) atoms. The standard InChI is InChI=1S/C20H22N2O3/c1-3-14-7-4-5-10-18(14)21-20(24)15-11-19(23)22(13-15)16-8-6-9-17(12-16)25-2/h4-10,12,15H,3,11,13H2,1-2H3,(H,21,24). The van der Waals surface area contributed by atoms with Crippen LogP contribution in [0.4, 0.5) is 11.4 Å². The lowest BCUT2D eigenvalue weighted by Gasteiger charge is -2.18. The number of methoxy groups -OCH3 is 1. The van der Waals surface area contributed by atoms with Crippen LogP contribution in [0.2, 0.25) is 0 Å². The minimum atomic E-state index is -0.358. The zero-order chi connectivity index (χ0) is 17.8. The van der Waals surface area contributed by atoms with Gasteiger partial charge in [0, 0.05) is 30.4 Å². The fourth-order valence-corrected chi connectivity index (χ4v) is 3.10. The van der Waals surface area contributed by atoms with E-state index in [2.05, 4.69) is 12.2 Å². The highest BCUT2D eigenvalue weighted by atomic mass is 16.5. The van der Waals surface area contributed by atoms with Gasteiger partial charge in [0.2, 0.25) is 11.8 Å². The van der Waals surface area contributed by atoms with Crippen molar-refractivity contribution < 1.29 is 14.3 Å². The van der Waals surface area contributed by atoms with Gasteiger partial charge in [-0.15, -0.1) is 0 Å². The van der Waals surface area contributed by atoms with Gasteiger partial charge in [0.15, 0.2) is 0 Å². The van der Waals surface area contributed by atoms with Crippen molar-refractivity contribution in [2.24, 2.45) is 5.92 Å². The van der Waals surface area contributed by atoms with E-state index in [4.69, 9.17) is 4.74 Å². The molecule has 0 spiro atoms. The van der Waals surface area contributed by atoms with Crippen molar-refractivity contribution in [2.45, 2.75) is 19.8 Å². The number of anilines is 2. The Labute approximate surface area is 147 Å². The minimum absolute atomic E-state index is 0.0443. The number of aryl methyl sites for hydroxylation is 1. The molecule has 1 unspecified atom stereocenters. The molecule has 1 heterocycles. The predicted octanol–water partition coefficient (Wildman–Crippen LogP) is 3.25. The fraction of sp³-hybridized carbons (Fsp3) is 0.300. The molecule has 1 aliphatic rings. The van der Waals surface area contributed by atoms with Crippen molar-refractivity contribution >= 4 is 23.2 Å². The van der Waals surface area contributed by atoms with E-state index in [1.54, 1.807) is 12.0 Å². The summed E-state index contributed by atoms with van der Waals surface area (Å²) in [6.45, 7) is 2.43. The Balaban J connectivity index is 1.72. The Hall–Kier alpha value is -2.82. The lowest BCUT2D eigenvalue weighted by Crippen LogP contribution is -2.28. The highest BCUT2D eigenvalue weighted by molar-refractivity contribution is 6.03. The minimum Gasteiger partial charge on any atom is -0.497 e. The van der Waals surface area contributed by atoms with Crippen LogP contribution in [0.25, 0.3) is 0 Å². The number of benzene rings is 2. The molecule has 1 atom stereocenters. The first-order valence-corrected chi connectivity index (χ1v) is 8.45. The molecule has 2 amide bonds. The number of para-hydroxylation sites is 1. The van der Waals surface area contributed by atoms with Gasteiger partial charge in [0.1, 0.15) is 5.75 Å². The van der Waals surface area contributed by atoms with Gasteiger partial charge in [0.25, 0.3) is 0 Å². The van der Waals surface area contributed by atoms with E-state index < -0.39 is 0 Å². The molecular weight excluding hydrogens is 316 g/mol. The summed E-state index contributed by atoms with van der Waals surface area (Å²) in [5.41, 5.74) is 2.67. The lowest BCUT2D eigenvalue weighted by atomic mass is 10.1. The number of hydrogen-bond acceptors (Lipinski definition) is 3. The smallest absolute Gasteiger partial charge is 0.229 e. The molecule has 5 nitrogen and oxygen atoms in total. The number of ether oxygens (including phenoxy) is 1. The Morgan fingerprint density at radius 3 is 2.80 bits per heavy atom. The summed E-state index contributed by atoms with van der Waals surface area (Å²) in [4.78, 5) is 26.6. The molecule has 1 fully saturated rings. The quantitative estimate of drug-likeness (QED) is 0.910. The highest BCUT2D eigenvalue weighted by Gasteiger charge is 2.35. The first-order valence-electron chi connectivity index (χ1n) is 8.45. The van der Waals surface area contributed by atoms with E-state index in [0.717, 1.165) is 23.4 Å². The largest absolute Gasteiger partial charge is 0.497 e. The Morgan fingerprint density at radius 2 is 2.04 bits per heavy atom. The third-order valence-electron chi connectivity index (χ3n) is 4.52. The predicted molar refractivity (Wildman–Crippen MR) is 97.9 cm³/mol. The van der Waals surface area contributed by atoms with Crippen molar-refractivity contribution in [2.75, 3.05) is 23.9 Å². The van der Waals surface area contributed by atoms with Gasteiger partial charge in [-0.2, -0.15) is 0 Å². The molecule has 1 saturated heterocycles. The van der Waals surface area contributed by atoms with Crippen LogP contribution in [0.3, 0.4) is 0 Å². The van der Waals surface area contributed by atoms with Crippen molar-refractivity contribution in [3.8, 4) is 5.75 Å². The summed E-state index contributed by atoms with van der Waals surface area (Å²) in [7, 11) is 1.59. The maximum absolute atomic E-state index is 12.6. The van der Waals surface area contributed by atoms with Gasteiger partial charge >= 0.3 is 0 Å².